The molecule has 0 saturated carbocycles. The van der Waals surface area contributed by atoms with E-state index in [4.69, 9.17) is 0 Å². The average Bonchev–Trinajstić information content (AvgIpc) is 2.11. The van der Waals surface area contributed by atoms with E-state index in [1.807, 2.05) is 6.92 Å². The smallest absolute Gasteiger partial charge is 0.269 e. The zero-order valence-corrected chi connectivity index (χ0v) is 8.38. The molecule has 0 aromatic carbocycles. The molecule has 0 unspecified atom stereocenters. The van der Waals surface area contributed by atoms with Gasteiger partial charge >= 0.3 is 5.97 Å². The van der Waals surface area contributed by atoms with Gasteiger partial charge in [-0.05, 0) is 17.9 Å². The third-order valence-corrected chi connectivity index (χ3v) is 1.46. The molecule has 0 bridgehead atoms. The van der Waals surface area contributed by atoms with Crippen molar-refractivity contribution >= 4 is 5.97 Å². The highest BCUT2D eigenvalue weighted by atomic mass is 17.5. The van der Waals surface area contributed by atoms with E-state index in [9.17, 15) is 4.79 Å². The normalized spacial score (nSPS) is 10.0. The van der Waals surface area contributed by atoms with Crippen molar-refractivity contribution in [2.75, 3.05) is 6.61 Å². The van der Waals surface area contributed by atoms with Gasteiger partial charge < -0.3 is 0 Å². The average molecular weight is 190 g/mol. The molecule has 0 aliphatic rings. The minimum Gasteiger partial charge on any atom is -0.269 e. The third kappa shape index (κ3) is 9.30. The standard InChI is InChI=1S/C9H18O4/c1-3-5-6-8-11-13-12-9(10)7-4-2/h3-8H2,1-2H3. The topological polar surface area (TPSA) is 44.8 Å². The molecular formula is C9H18O4. The maximum absolute atomic E-state index is 10.7. The summed E-state index contributed by atoms with van der Waals surface area (Å²) >= 11 is 0. The van der Waals surface area contributed by atoms with E-state index in [0.29, 0.717) is 13.0 Å². The van der Waals surface area contributed by atoms with Crippen molar-refractivity contribution in [2.24, 2.45) is 0 Å². The first-order valence-corrected chi connectivity index (χ1v) is 4.80. The highest BCUT2D eigenvalue weighted by molar-refractivity contribution is 5.68. The van der Waals surface area contributed by atoms with E-state index in [2.05, 4.69) is 21.7 Å². The summed E-state index contributed by atoms with van der Waals surface area (Å²) in [5.74, 6) is -0.391. The number of carbonyl (C=O) groups excluding carboxylic acids is 1. The van der Waals surface area contributed by atoms with Gasteiger partial charge in [0.05, 0.1) is 6.61 Å². The van der Waals surface area contributed by atoms with Gasteiger partial charge in [0, 0.05) is 6.42 Å². The lowest BCUT2D eigenvalue weighted by molar-refractivity contribution is -0.486. The summed E-state index contributed by atoms with van der Waals surface area (Å²) in [5.41, 5.74) is 0. The Morgan fingerprint density at radius 1 is 1.15 bits per heavy atom. The molecule has 0 aliphatic heterocycles. The lowest BCUT2D eigenvalue weighted by atomic mass is 10.3. The van der Waals surface area contributed by atoms with Crippen LogP contribution in [0.4, 0.5) is 0 Å². The Hall–Kier alpha value is -0.610. The van der Waals surface area contributed by atoms with Crippen LogP contribution in [0.1, 0.15) is 46.0 Å². The first kappa shape index (κ1) is 12.4. The molecule has 4 heteroatoms. The van der Waals surface area contributed by atoms with Crippen LogP contribution in [0.2, 0.25) is 0 Å². The zero-order valence-electron chi connectivity index (χ0n) is 8.38. The van der Waals surface area contributed by atoms with Crippen molar-refractivity contribution in [3.05, 3.63) is 0 Å². The molecule has 13 heavy (non-hydrogen) atoms. The minimum atomic E-state index is -0.391. The Morgan fingerprint density at radius 2 is 1.92 bits per heavy atom. The first-order chi connectivity index (χ1) is 6.31. The Kier molecular flexibility index (Phi) is 9.03. The van der Waals surface area contributed by atoms with Gasteiger partial charge in [0.25, 0.3) is 0 Å². The second-order valence-electron chi connectivity index (χ2n) is 2.80. The monoisotopic (exact) mass is 190 g/mol. The molecule has 0 aromatic rings. The molecule has 0 aromatic heterocycles. The van der Waals surface area contributed by atoms with E-state index in [-0.39, 0.29) is 0 Å². The molecule has 0 atom stereocenters. The maximum Gasteiger partial charge on any atom is 0.345 e. The highest BCUT2D eigenvalue weighted by Crippen LogP contribution is 1.96. The van der Waals surface area contributed by atoms with Crippen LogP contribution in [0.5, 0.6) is 0 Å². The SMILES string of the molecule is CCCCCOOOC(=O)CCC. The highest BCUT2D eigenvalue weighted by Gasteiger charge is 2.01. The zero-order chi connectivity index (χ0) is 9.94. The molecule has 0 saturated heterocycles. The fourth-order valence-corrected chi connectivity index (χ4v) is 0.753. The number of hydrogen-bond donors (Lipinski definition) is 0. The summed E-state index contributed by atoms with van der Waals surface area (Å²) in [5, 5.41) is 4.25. The molecule has 78 valence electrons. The summed E-state index contributed by atoms with van der Waals surface area (Å²) in [6.45, 7) is 4.46. The van der Waals surface area contributed by atoms with E-state index in [1.54, 1.807) is 0 Å². The Bertz CT molecular complexity index is 125. The van der Waals surface area contributed by atoms with Crippen molar-refractivity contribution < 1.29 is 19.6 Å². The largest absolute Gasteiger partial charge is 0.345 e. The van der Waals surface area contributed by atoms with Gasteiger partial charge in [-0.3, -0.25) is 4.89 Å². The number of rotatable bonds is 8. The van der Waals surface area contributed by atoms with Crippen molar-refractivity contribution in [3.63, 3.8) is 0 Å². The Labute approximate surface area is 79.0 Å². The minimum absolute atomic E-state index is 0.359. The van der Waals surface area contributed by atoms with Gasteiger partial charge in [-0.25, -0.2) is 4.79 Å². The second kappa shape index (κ2) is 9.48. The van der Waals surface area contributed by atoms with Crippen LogP contribution in [0.15, 0.2) is 0 Å². The van der Waals surface area contributed by atoms with Crippen LogP contribution < -0.4 is 0 Å². The first-order valence-electron chi connectivity index (χ1n) is 4.80. The Morgan fingerprint density at radius 3 is 2.54 bits per heavy atom. The number of carbonyl (C=O) groups is 1. The molecule has 0 fully saturated rings. The molecule has 0 radical (unpaired) electrons. The molecule has 4 nitrogen and oxygen atoms in total. The van der Waals surface area contributed by atoms with E-state index in [0.717, 1.165) is 25.7 Å². The summed E-state index contributed by atoms with van der Waals surface area (Å²) in [6.07, 6.45) is 4.24. The quantitative estimate of drug-likeness (QED) is 0.335. The summed E-state index contributed by atoms with van der Waals surface area (Å²) in [6, 6.07) is 0. The molecule has 0 spiro atoms. The van der Waals surface area contributed by atoms with Gasteiger partial charge in [-0.2, -0.15) is 4.89 Å². The predicted octanol–water partition coefficient (Wildman–Crippen LogP) is 2.38. The molecule has 0 amide bonds. The van der Waals surface area contributed by atoms with Crippen LogP contribution in [0.3, 0.4) is 0 Å². The summed E-state index contributed by atoms with van der Waals surface area (Å²) < 4.78 is 0. The lowest BCUT2D eigenvalue weighted by Gasteiger charge is -2.01. The van der Waals surface area contributed by atoms with Crippen molar-refractivity contribution in [3.8, 4) is 0 Å². The summed E-state index contributed by atoms with van der Waals surface area (Å²) in [7, 11) is 0. The Balaban J connectivity index is 3.02. The van der Waals surface area contributed by atoms with Crippen LogP contribution in [0.25, 0.3) is 0 Å². The van der Waals surface area contributed by atoms with Gasteiger partial charge in [0.1, 0.15) is 0 Å². The van der Waals surface area contributed by atoms with Crippen molar-refractivity contribution in [1.29, 1.82) is 0 Å². The molecule has 0 N–H and O–H groups in total. The van der Waals surface area contributed by atoms with Gasteiger partial charge in [0.2, 0.25) is 0 Å². The van der Waals surface area contributed by atoms with Crippen LogP contribution in [-0.2, 0) is 19.6 Å². The fourth-order valence-electron chi connectivity index (χ4n) is 0.753. The van der Waals surface area contributed by atoms with E-state index in [1.165, 1.54) is 0 Å². The van der Waals surface area contributed by atoms with Crippen LogP contribution in [0, 0.1) is 0 Å². The lowest BCUT2D eigenvalue weighted by Crippen LogP contribution is -2.06. The molecule has 0 rings (SSSR count). The predicted molar refractivity (Wildman–Crippen MR) is 47.6 cm³/mol. The maximum atomic E-state index is 10.7. The van der Waals surface area contributed by atoms with Gasteiger partial charge in [-0.15, -0.1) is 0 Å². The van der Waals surface area contributed by atoms with E-state index < -0.39 is 5.97 Å². The molecule has 0 heterocycles. The van der Waals surface area contributed by atoms with E-state index >= 15 is 0 Å². The molecular weight excluding hydrogens is 172 g/mol. The molecule has 0 aliphatic carbocycles. The number of unbranched alkanes of at least 4 members (excludes halogenated alkanes) is 2. The van der Waals surface area contributed by atoms with Crippen molar-refractivity contribution in [1.82, 2.24) is 0 Å². The third-order valence-electron chi connectivity index (χ3n) is 1.46. The van der Waals surface area contributed by atoms with Crippen LogP contribution in [-0.4, -0.2) is 12.6 Å². The van der Waals surface area contributed by atoms with Crippen LogP contribution >= 0.6 is 0 Å². The number of hydrogen-bond acceptors (Lipinski definition) is 4. The van der Waals surface area contributed by atoms with Gasteiger partial charge in [-0.1, -0.05) is 26.7 Å². The van der Waals surface area contributed by atoms with Crippen molar-refractivity contribution in [2.45, 2.75) is 46.0 Å². The summed E-state index contributed by atoms with van der Waals surface area (Å²) in [4.78, 5) is 19.6. The second-order valence-corrected chi connectivity index (χ2v) is 2.80. The fraction of sp³-hybridized carbons (Fsp3) is 0.889. The van der Waals surface area contributed by atoms with Gasteiger partial charge in [0.15, 0.2) is 0 Å².